The van der Waals surface area contributed by atoms with E-state index in [0.29, 0.717) is 0 Å². The van der Waals surface area contributed by atoms with Gasteiger partial charge in [-0.05, 0) is 40.5 Å². The second kappa shape index (κ2) is 8.37. The molecule has 0 aliphatic heterocycles. The Balaban J connectivity index is 1.37. The standard InChI is InChI=1S/C29H23N2/c1-31-21-19-25(27-7-3-5-9-29(27)31)17-15-23-12-10-22(11-13-23)14-16-24-18-20-30-28-8-4-2-6-26(24)28/h2-21H,1H3/q+1/b16-14+,17-15+. The molecular weight excluding hydrogens is 376 g/mol. The number of fused-ring (bicyclic) bond motifs is 2. The Bertz CT molecular complexity index is 1420. The van der Waals surface area contributed by atoms with Gasteiger partial charge in [0.2, 0.25) is 5.52 Å². The maximum absolute atomic E-state index is 4.43. The lowest BCUT2D eigenvalue weighted by Crippen LogP contribution is -2.28. The van der Waals surface area contributed by atoms with E-state index in [1.807, 2.05) is 18.3 Å². The number of hydrogen-bond acceptors (Lipinski definition) is 1. The zero-order valence-electron chi connectivity index (χ0n) is 17.4. The van der Waals surface area contributed by atoms with Crippen LogP contribution in [-0.2, 0) is 7.05 Å². The number of pyridine rings is 2. The van der Waals surface area contributed by atoms with Crippen molar-refractivity contribution in [1.82, 2.24) is 4.98 Å². The highest BCUT2D eigenvalue weighted by Crippen LogP contribution is 2.20. The van der Waals surface area contributed by atoms with Gasteiger partial charge in [-0.1, -0.05) is 78.9 Å². The Kier molecular flexibility index (Phi) is 5.12. The van der Waals surface area contributed by atoms with Crippen LogP contribution in [0.1, 0.15) is 22.3 Å². The maximum atomic E-state index is 4.43. The molecule has 0 radical (unpaired) electrons. The predicted octanol–water partition coefficient (Wildman–Crippen LogP) is 6.55. The molecule has 0 unspecified atom stereocenters. The molecule has 0 bridgehead atoms. The molecule has 0 N–H and O–H groups in total. The molecule has 0 saturated carbocycles. The lowest BCUT2D eigenvalue weighted by atomic mass is 10.1. The summed E-state index contributed by atoms with van der Waals surface area (Å²) in [6.45, 7) is 0. The molecule has 0 spiro atoms. The summed E-state index contributed by atoms with van der Waals surface area (Å²) in [4.78, 5) is 4.43. The van der Waals surface area contributed by atoms with Crippen molar-refractivity contribution in [3.05, 3.63) is 120 Å². The van der Waals surface area contributed by atoms with E-state index in [1.165, 1.54) is 38.5 Å². The molecular formula is C29H23N2+. The van der Waals surface area contributed by atoms with E-state index in [1.54, 1.807) is 0 Å². The highest BCUT2D eigenvalue weighted by atomic mass is 14.9. The van der Waals surface area contributed by atoms with Crippen LogP contribution in [0.3, 0.4) is 0 Å². The van der Waals surface area contributed by atoms with Gasteiger partial charge < -0.3 is 0 Å². The summed E-state index contributed by atoms with van der Waals surface area (Å²) >= 11 is 0. The quantitative estimate of drug-likeness (QED) is 0.313. The molecule has 148 valence electrons. The van der Waals surface area contributed by atoms with Gasteiger partial charge in [-0.3, -0.25) is 4.98 Å². The number of aryl methyl sites for hydroxylation is 1. The highest BCUT2D eigenvalue weighted by Gasteiger charge is 2.06. The minimum absolute atomic E-state index is 1.02. The van der Waals surface area contributed by atoms with Gasteiger partial charge >= 0.3 is 0 Å². The number of para-hydroxylation sites is 2. The van der Waals surface area contributed by atoms with Crippen LogP contribution >= 0.6 is 0 Å². The average molecular weight is 400 g/mol. The minimum atomic E-state index is 1.02. The zero-order valence-corrected chi connectivity index (χ0v) is 17.4. The predicted molar refractivity (Wildman–Crippen MR) is 131 cm³/mol. The first kappa shape index (κ1) is 19.0. The van der Waals surface area contributed by atoms with Crippen LogP contribution in [0.15, 0.2) is 97.3 Å². The molecule has 0 atom stereocenters. The van der Waals surface area contributed by atoms with Crippen LogP contribution < -0.4 is 4.57 Å². The lowest BCUT2D eigenvalue weighted by molar-refractivity contribution is -0.644. The van der Waals surface area contributed by atoms with E-state index in [2.05, 4.69) is 120 Å². The number of hydrogen-bond donors (Lipinski definition) is 0. The molecule has 0 fully saturated rings. The van der Waals surface area contributed by atoms with Crippen molar-refractivity contribution in [3.8, 4) is 0 Å². The second-order valence-corrected chi connectivity index (χ2v) is 7.65. The van der Waals surface area contributed by atoms with Crippen LogP contribution in [-0.4, -0.2) is 4.98 Å². The summed E-state index contributed by atoms with van der Waals surface area (Å²) in [6, 6.07) is 29.6. The smallest absolute Gasteiger partial charge is 0.212 e. The van der Waals surface area contributed by atoms with Gasteiger partial charge in [0.1, 0.15) is 7.05 Å². The fraction of sp³-hybridized carbons (Fsp3) is 0.0345. The van der Waals surface area contributed by atoms with Crippen molar-refractivity contribution >= 4 is 46.1 Å². The molecule has 0 aliphatic rings. The van der Waals surface area contributed by atoms with Crippen LogP contribution in [0.4, 0.5) is 0 Å². The minimum Gasteiger partial charge on any atom is -0.256 e. The first-order valence-electron chi connectivity index (χ1n) is 10.5. The molecule has 0 saturated heterocycles. The second-order valence-electron chi connectivity index (χ2n) is 7.65. The Morgan fingerprint density at radius 1 is 0.613 bits per heavy atom. The van der Waals surface area contributed by atoms with Gasteiger partial charge in [-0.2, -0.15) is 0 Å². The van der Waals surface area contributed by atoms with Crippen LogP contribution in [0.25, 0.3) is 46.1 Å². The summed E-state index contributed by atoms with van der Waals surface area (Å²) in [5.41, 5.74) is 7.01. The topological polar surface area (TPSA) is 16.8 Å². The van der Waals surface area contributed by atoms with Crippen molar-refractivity contribution in [1.29, 1.82) is 0 Å². The third kappa shape index (κ3) is 4.01. The van der Waals surface area contributed by atoms with Gasteiger partial charge in [0.05, 0.1) is 10.9 Å². The number of aromatic nitrogens is 2. The van der Waals surface area contributed by atoms with Crippen LogP contribution in [0.5, 0.6) is 0 Å². The van der Waals surface area contributed by atoms with E-state index < -0.39 is 0 Å². The first-order valence-corrected chi connectivity index (χ1v) is 10.5. The maximum Gasteiger partial charge on any atom is 0.212 e. The van der Waals surface area contributed by atoms with Gasteiger partial charge in [0, 0.05) is 23.7 Å². The van der Waals surface area contributed by atoms with Crippen molar-refractivity contribution in [3.63, 3.8) is 0 Å². The van der Waals surface area contributed by atoms with Crippen molar-refractivity contribution in [2.24, 2.45) is 7.05 Å². The van der Waals surface area contributed by atoms with E-state index >= 15 is 0 Å². The average Bonchev–Trinajstić information content (AvgIpc) is 2.83. The Labute approximate surface area is 182 Å². The molecule has 0 amide bonds. The van der Waals surface area contributed by atoms with Crippen molar-refractivity contribution in [2.75, 3.05) is 0 Å². The summed E-state index contributed by atoms with van der Waals surface area (Å²) in [6.07, 6.45) is 12.6. The third-order valence-electron chi connectivity index (χ3n) is 5.60. The number of nitrogens with zero attached hydrogens (tertiary/aromatic N) is 2. The summed E-state index contributed by atoms with van der Waals surface area (Å²) in [5.74, 6) is 0. The normalized spacial score (nSPS) is 11.8. The van der Waals surface area contributed by atoms with E-state index in [4.69, 9.17) is 0 Å². The molecule has 2 aromatic heterocycles. The molecule has 31 heavy (non-hydrogen) atoms. The molecule has 3 aromatic carbocycles. The van der Waals surface area contributed by atoms with Crippen LogP contribution in [0, 0.1) is 0 Å². The SMILES string of the molecule is C[n+]1ccc(/C=C/c2ccc(/C=C/c3ccnc4ccccc34)cc2)c2ccccc21. The molecule has 2 heterocycles. The Morgan fingerprint density at radius 3 is 1.97 bits per heavy atom. The van der Waals surface area contributed by atoms with Crippen LogP contribution in [0.2, 0.25) is 0 Å². The fourth-order valence-corrected chi connectivity index (χ4v) is 3.89. The molecule has 2 nitrogen and oxygen atoms in total. The van der Waals surface area contributed by atoms with E-state index in [9.17, 15) is 0 Å². The highest BCUT2D eigenvalue weighted by molar-refractivity contribution is 5.91. The van der Waals surface area contributed by atoms with Gasteiger partial charge in [0.15, 0.2) is 6.20 Å². The monoisotopic (exact) mass is 399 g/mol. The van der Waals surface area contributed by atoms with Gasteiger partial charge in [0.25, 0.3) is 0 Å². The van der Waals surface area contributed by atoms with Crippen molar-refractivity contribution < 1.29 is 4.57 Å². The summed E-state index contributed by atoms with van der Waals surface area (Å²) < 4.78 is 2.15. The summed E-state index contributed by atoms with van der Waals surface area (Å²) in [7, 11) is 2.08. The zero-order chi connectivity index (χ0) is 21.0. The molecule has 5 rings (SSSR count). The molecule has 0 aliphatic carbocycles. The number of benzene rings is 3. The number of rotatable bonds is 4. The largest absolute Gasteiger partial charge is 0.256 e. The molecule has 5 aromatic rings. The summed E-state index contributed by atoms with van der Waals surface area (Å²) in [5, 5.41) is 2.43. The molecule has 2 heteroatoms. The van der Waals surface area contributed by atoms with Crippen molar-refractivity contribution in [2.45, 2.75) is 0 Å². The van der Waals surface area contributed by atoms with Gasteiger partial charge in [-0.15, -0.1) is 0 Å². The Morgan fingerprint density at radius 2 is 1.23 bits per heavy atom. The fourth-order valence-electron chi connectivity index (χ4n) is 3.89. The lowest BCUT2D eigenvalue weighted by Gasteiger charge is -2.02. The van der Waals surface area contributed by atoms with Gasteiger partial charge in [-0.25, -0.2) is 4.57 Å². The van der Waals surface area contributed by atoms with E-state index in [-0.39, 0.29) is 0 Å². The Hall–Kier alpha value is -4.04. The third-order valence-corrected chi connectivity index (χ3v) is 5.60. The van der Waals surface area contributed by atoms with E-state index in [0.717, 1.165) is 5.52 Å². The first-order chi connectivity index (χ1) is 15.3.